The summed E-state index contributed by atoms with van der Waals surface area (Å²) in [4.78, 5) is 11.3. The molecule has 0 saturated heterocycles. The molecule has 0 fully saturated rings. The van der Waals surface area contributed by atoms with E-state index in [1.54, 1.807) is 7.11 Å². The van der Waals surface area contributed by atoms with Gasteiger partial charge in [-0.2, -0.15) is 0 Å². The quantitative estimate of drug-likeness (QED) is 0.853. The van der Waals surface area contributed by atoms with Gasteiger partial charge in [0.25, 0.3) is 0 Å². The van der Waals surface area contributed by atoms with Gasteiger partial charge in [0.1, 0.15) is 5.75 Å². The number of methoxy groups -OCH3 is 2. The van der Waals surface area contributed by atoms with E-state index < -0.39 is 12.1 Å². The van der Waals surface area contributed by atoms with Gasteiger partial charge in [0, 0.05) is 11.8 Å². The first-order chi connectivity index (χ1) is 9.17. The van der Waals surface area contributed by atoms with Gasteiger partial charge in [-0.15, -0.1) is 0 Å². The predicted octanol–water partition coefficient (Wildman–Crippen LogP) is 1.92. The Labute approximate surface area is 111 Å². The van der Waals surface area contributed by atoms with E-state index >= 15 is 0 Å². The van der Waals surface area contributed by atoms with Gasteiger partial charge in [-0.3, -0.25) is 0 Å². The second-order valence-corrected chi connectivity index (χ2v) is 4.22. The van der Waals surface area contributed by atoms with Gasteiger partial charge in [-0.1, -0.05) is 30.3 Å². The molecule has 0 bridgehead atoms. The summed E-state index contributed by atoms with van der Waals surface area (Å²) in [5.41, 5.74) is 0.884. The number of hydrogen-bond acceptors (Lipinski definition) is 4. The fourth-order valence-corrected chi connectivity index (χ4v) is 2.12. The minimum Gasteiger partial charge on any atom is -0.496 e. The third kappa shape index (κ3) is 2.69. The predicted molar refractivity (Wildman–Crippen MR) is 72.2 cm³/mol. The Kier molecular flexibility index (Phi) is 4.02. The van der Waals surface area contributed by atoms with Crippen molar-refractivity contribution < 1.29 is 19.4 Å². The van der Waals surface area contributed by atoms with Crippen LogP contribution in [0.2, 0.25) is 0 Å². The van der Waals surface area contributed by atoms with Crippen LogP contribution in [0.3, 0.4) is 0 Å². The Morgan fingerprint density at radius 3 is 2.47 bits per heavy atom. The van der Waals surface area contributed by atoms with Crippen molar-refractivity contribution >= 4 is 16.7 Å². The molecule has 4 nitrogen and oxygen atoms in total. The minimum absolute atomic E-state index is 0.219. The maximum Gasteiger partial charge on any atom is 0.335 e. The molecule has 0 aliphatic rings. The highest BCUT2D eigenvalue weighted by molar-refractivity contribution is 5.91. The number of fused-ring (bicyclic) bond motifs is 1. The zero-order valence-corrected chi connectivity index (χ0v) is 10.9. The molecule has 0 amide bonds. The molecule has 0 radical (unpaired) electrons. The average molecular weight is 260 g/mol. The molecule has 1 atom stereocenters. The van der Waals surface area contributed by atoms with E-state index in [-0.39, 0.29) is 6.42 Å². The summed E-state index contributed by atoms with van der Waals surface area (Å²) in [5.74, 6) is 0.145. The average Bonchev–Trinajstić information content (AvgIpc) is 2.46. The Hall–Kier alpha value is -2.07. The lowest BCUT2D eigenvalue weighted by Gasteiger charge is -2.12. The smallest absolute Gasteiger partial charge is 0.335 e. The van der Waals surface area contributed by atoms with E-state index in [0.717, 1.165) is 22.1 Å². The Morgan fingerprint density at radius 1 is 1.16 bits per heavy atom. The molecule has 0 aliphatic heterocycles. The van der Waals surface area contributed by atoms with Crippen LogP contribution in [0.15, 0.2) is 36.4 Å². The van der Waals surface area contributed by atoms with Gasteiger partial charge in [-0.05, 0) is 17.0 Å². The highest BCUT2D eigenvalue weighted by atomic mass is 16.5. The molecule has 0 heterocycles. The van der Waals surface area contributed by atoms with E-state index in [4.69, 9.17) is 4.74 Å². The van der Waals surface area contributed by atoms with Gasteiger partial charge in [0.2, 0.25) is 0 Å². The summed E-state index contributed by atoms with van der Waals surface area (Å²) in [7, 11) is 2.88. The first-order valence-electron chi connectivity index (χ1n) is 5.98. The number of benzene rings is 2. The molecule has 0 aromatic heterocycles. The molecule has 1 N–H and O–H groups in total. The lowest BCUT2D eigenvalue weighted by molar-refractivity contribution is -0.150. The zero-order chi connectivity index (χ0) is 13.8. The van der Waals surface area contributed by atoms with Crippen LogP contribution in [0.5, 0.6) is 5.75 Å². The second kappa shape index (κ2) is 5.71. The summed E-state index contributed by atoms with van der Waals surface area (Å²) in [6.07, 6.45) is -0.932. The standard InChI is InChI=1S/C15H16O4/c1-18-14-8-7-10(9-13(16)15(17)19-2)11-5-3-4-6-12(11)14/h3-8,13,16H,9H2,1-2H3. The molecule has 19 heavy (non-hydrogen) atoms. The van der Waals surface area contributed by atoms with Crippen LogP contribution in [0.1, 0.15) is 5.56 Å². The van der Waals surface area contributed by atoms with Gasteiger partial charge in [-0.25, -0.2) is 4.79 Å². The number of carbonyl (C=O) groups is 1. The van der Waals surface area contributed by atoms with Crippen LogP contribution in [-0.2, 0) is 16.0 Å². The molecule has 0 saturated carbocycles. The van der Waals surface area contributed by atoms with E-state index in [1.807, 2.05) is 36.4 Å². The first kappa shape index (κ1) is 13.4. The van der Waals surface area contributed by atoms with E-state index in [0.29, 0.717) is 0 Å². The summed E-state index contributed by atoms with van der Waals surface area (Å²) < 4.78 is 9.83. The van der Waals surface area contributed by atoms with Crippen molar-refractivity contribution in [2.75, 3.05) is 14.2 Å². The van der Waals surface area contributed by atoms with Gasteiger partial charge in [0.05, 0.1) is 14.2 Å². The number of esters is 1. The molecule has 2 aromatic rings. The third-order valence-electron chi connectivity index (χ3n) is 3.08. The van der Waals surface area contributed by atoms with E-state index in [9.17, 15) is 9.90 Å². The monoisotopic (exact) mass is 260 g/mol. The number of rotatable bonds is 4. The van der Waals surface area contributed by atoms with Crippen molar-refractivity contribution in [3.05, 3.63) is 42.0 Å². The van der Waals surface area contributed by atoms with Crippen LogP contribution in [0.25, 0.3) is 10.8 Å². The second-order valence-electron chi connectivity index (χ2n) is 4.22. The molecule has 2 aromatic carbocycles. The lowest BCUT2D eigenvalue weighted by Crippen LogP contribution is -2.24. The van der Waals surface area contributed by atoms with Crippen molar-refractivity contribution in [2.45, 2.75) is 12.5 Å². The normalized spacial score (nSPS) is 12.2. The molecule has 0 spiro atoms. The lowest BCUT2D eigenvalue weighted by atomic mass is 9.99. The van der Waals surface area contributed by atoms with Crippen molar-refractivity contribution in [3.63, 3.8) is 0 Å². The SMILES string of the molecule is COC(=O)C(O)Cc1ccc(OC)c2ccccc12. The summed E-state index contributed by atoms with van der Waals surface area (Å²) in [5, 5.41) is 11.7. The molecule has 4 heteroatoms. The van der Waals surface area contributed by atoms with Crippen LogP contribution in [0, 0.1) is 0 Å². The summed E-state index contributed by atoms with van der Waals surface area (Å²) >= 11 is 0. The minimum atomic E-state index is -1.15. The van der Waals surface area contributed by atoms with E-state index in [1.165, 1.54) is 7.11 Å². The molecular weight excluding hydrogens is 244 g/mol. The van der Waals surface area contributed by atoms with Crippen molar-refractivity contribution in [2.24, 2.45) is 0 Å². The number of aliphatic hydroxyl groups excluding tert-OH is 1. The number of ether oxygens (including phenoxy) is 2. The fourth-order valence-electron chi connectivity index (χ4n) is 2.12. The van der Waals surface area contributed by atoms with Crippen LogP contribution in [-0.4, -0.2) is 31.4 Å². The molecule has 100 valence electrons. The number of hydrogen-bond donors (Lipinski definition) is 1. The topological polar surface area (TPSA) is 55.8 Å². The van der Waals surface area contributed by atoms with Crippen LogP contribution < -0.4 is 4.74 Å². The van der Waals surface area contributed by atoms with Gasteiger partial charge >= 0.3 is 5.97 Å². The highest BCUT2D eigenvalue weighted by Crippen LogP contribution is 2.29. The Balaban J connectivity index is 2.42. The first-order valence-corrected chi connectivity index (χ1v) is 5.98. The molecule has 2 rings (SSSR count). The zero-order valence-electron chi connectivity index (χ0n) is 10.9. The van der Waals surface area contributed by atoms with Gasteiger partial charge in [0.15, 0.2) is 6.10 Å². The van der Waals surface area contributed by atoms with Crippen molar-refractivity contribution in [1.82, 2.24) is 0 Å². The maximum atomic E-state index is 11.3. The van der Waals surface area contributed by atoms with Crippen LogP contribution in [0.4, 0.5) is 0 Å². The maximum absolute atomic E-state index is 11.3. The fraction of sp³-hybridized carbons (Fsp3) is 0.267. The van der Waals surface area contributed by atoms with E-state index in [2.05, 4.69) is 4.74 Å². The Bertz CT molecular complexity index is 592. The van der Waals surface area contributed by atoms with Gasteiger partial charge < -0.3 is 14.6 Å². The molecule has 1 unspecified atom stereocenters. The molecular formula is C15H16O4. The summed E-state index contributed by atoms with van der Waals surface area (Å²) in [6.45, 7) is 0. The number of carbonyl (C=O) groups excluding carboxylic acids is 1. The largest absolute Gasteiger partial charge is 0.496 e. The summed E-state index contributed by atoms with van der Waals surface area (Å²) in [6, 6.07) is 11.4. The third-order valence-corrected chi connectivity index (χ3v) is 3.08. The highest BCUT2D eigenvalue weighted by Gasteiger charge is 2.17. The van der Waals surface area contributed by atoms with Crippen LogP contribution >= 0.6 is 0 Å². The van der Waals surface area contributed by atoms with Crippen molar-refractivity contribution in [1.29, 1.82) is 0 Å². The molecule has 0 aliphatic carbocycles. The van der Waals surface area contributed by atoms with Crippen molar-refractivity contribution in [3.8, 4) is 5.75 Å². The Morgan fingerprint density at radius 2 is 1.84 bits per heavy atom. The number of aliphatic hydroxyl groups is 1.